The van der Waals surface area contributed by atoms with Crippen molar-refractivity contribution in [3.8, 4) is 0 Å². The molecular weight excluding hydrogens is 344 g/mol. The highest BCUT2D eigenvalue weighted by Gasteiger charge is 2.10. The van der Waals surface area contributed by atoms with Crippen molar-refractivity contribution >= 4 is 40.3 Å². The molecule has 3 aromatic rings. The van der Waals surface area contributed by atoms with Gasteiger partial charge < -0.3 is 0 Å². The molecule has 2 aromatic carbocycles. The van der Waals surface area contributed by atoms with Crippen LogP contribution in [0.25, 0.3) is 10.9 Å². The minimum Gasteiger partial charge on any atom is -0.267 e. The molecule has 0 fully saturated rings. The van der Waals surface area contributed by atoms with Gasteiger partial charge in [-0.2, -0.15) is 5.10 Å². The number of non-ortho nitro benzene ring substituents is 1. The predicted molar refractivity (Wildman–Crippen MR) is 94.9 cm³/mol. The summed E-state index contributed by atoms with van der Waals surface area (Å²) >= 11 is 6.10. The number of benzene rings is 2. The summed E-state index contributed by atoms with van der Waals surface area (Å²) in [7, 11) is 0. The Morgan fingerprint density at radius 2 is 2.00 bits per heavy atom. The molecule has 0 bridgehead atoms. The number of nitrogens with zero attached hydrogens (tertiary/aromatic N) is 3. The smallest absolute Gasteiger partial charge is 0.267 e. The largest absolute Gasteiger partial charge is 0.271 e. The Balaban J connectivity index is 1.77. The number of nitro groups is 1. The maximum atomic E-state index is 12.0. The first-order chi connectivity index (χ1) is 12.0. The molecule has 0 atom stereocenters. The second-order valence-electron chi connectivity index (χ2n) is 5.07. The van der Waals surface area contributed by atoms with Crippen LogP contribution in [0, 0.1) is 10.1 Å². The van der Waals surface area contributed by atoms with Crippen molar-refractivity contribution in [1.82, 2.24) is 10.4 Å². The van der Waals surface area contributed by atoms with Gasteiger partial charge >= 0.3 is 0 Å². The molecular formula is C17H11ClN4O3. The zero-order chi connectivity index (χ0) is 17.8. The number of hydrogen-bond acceptors (Lipinski definition) is 5. The van der Waals surface area contributed by atoms with Crippen LogP contribution in [0.4, 0.5) is 5.69 Å². The standard InChI is InChI=1S/C17H11ClN4O3/c18-16-13(8-11-4-1-2-7-15(11)20-16)10-19-21-17(23)12-5-3-6-14(9-12)22(24)25/h1-10H,(H,21,23). The van der Waals surface area contributed by atoms with Crippen LogP contribution < -0.4 is 5.43 Å². The number of halogens is 1. The van der Waals surface area contributed by atoms with E-state index in [1.807, 2.05) is 24.3 Å². The van der Waals surface area contributed by atoms with Crippen LogP contribution in [0.5, 0.6) is 0 Å². The molecule has 1 heterocycles. The highest BCUT2D eigenvalue weighted by Crippen LogP contribution is 2.19. The minimum absolute atomic E-state index is 0.133. The highest BCUT2D eigenvalue weighted by molar-refractivity contribution is 6.32. The Morgan fingerprint density at radius 3 is 2.80 bits per heavy atom. The first-order valence-electron chi connectivity index (χ1n) is 7.18. The first kappa shape index (κ1) is 16.5. The van der Waals surface area contributed by atoms with Crippen molar-refractivity contribution in [1.29, 1.82) is 0 Å². The maximum Gasteiger partial charge on any atom is 0.271 e. The van der Waals surface area contributed by atoms with Gasteiger partial charge in [-0.15, -0.1) is 0 Å². The van der Waals surface area contributed by atoms with E-state index in [1.165, 1.54) is 30.5 Å². The van der Waals surface area contributed by atoms with Crippen LogP contribution >= 0.6 is 11.6 Å². The molecule has 0 unspecified atom stereocenters. The molecule has 0 aliphatic rings. The van der Waals surface area contributed by atoms with Gasteiger partial charge in [0.05, 0.1) is 16.7 Å². The molecule has 7 nitrogen and oxygen atoms in total. The Kier molecular flexibility index (Phi) is 4.67. The molecule has 1 amide bonds. The molecule has 1 N–H and O–H groups in total. The third-order valence-corrected chi connectivity index (χ3v) is 3.70. The van der Waals surface area contributed by atoms with E-state index in [9.17, 15) is 14.9 Å². The number of aromatic nitrogens is 1. The summed E-state index contributed by atoms with van der Waals surface area (Å²) in [5.74, 6) is -0.565. The Hall–Kier alpha value is -3.32. The molecule has 0 saturated heterocycles. The highest BCUT2D eigenvalue weighted by atomic mass is 35.5. The number of rotatable bonds is 4. The Morgan fingerprint density at radius 1 is 1.20 bits per heavy atom. The van der Waals surface area contributed by atoms with Crippen LogP contribution in [0.1, 0.15) is 15.9 Å². The van der Waals surface area contributed by atoms with E-state index in [0.29, 0.717) is 5.56 Å². The number of pyridine rings is 1. The Bertz CT molecular complexity index is 1000. The maximum absolute atomic E-state index is 12.0. The summed E-state index contributed by atoms with van der Waals surface area (Å²) < 4.78 is 0. The van der Waals surface area contributed by atoms with Gasteiger partial charge in [0, 0.05) is 28.6 Å². The predicted octanol–water partition coefficient (Wildman–Crippen LogP) is 3.56. The van der Waals surface area contributed by atoms with Gasteiger partial charge in [0.1, 0.15) is 5.15 Å². The van der Waals surface area contributed by atoms with Crippen molar-refractivity contribution in [3.05, 3.63) is 81.0 Å². The molecule has 0 aliphatic heterocycles. The van der Waals surface area contributed by atoms with Gasteiger partial charge in [-0.25, -0.2) is 10.4 Å². The lowest BCUT2D eigenvalue weighted by Gasteiger charge is -2.02. The number of fused-ring (bicyclic) bond motifs is 1. The third kappa shape index (κ3) is 3.78. The minimum atomic E-state index is -0.569. The molecule has 0 spiro atoms. The fourth-order valence-electron chi connectivity index (χ4n) is 2.19. The average Bonchev–Trinajstić information content (AvgIpc) is 2.62. The summed E-state index contributed by atoms with van der Waals surface area (Å²) in [5, 5.41) is 15.7. The number of hydrogen-bond donors (Lipinski definition) is 1. The number of hydrazone groups is 1. The van der Waals surface area contributed by atoms with Crippen molar-refractivity contribution < 1.29 is 9.72 Å². The lowest BCUT2D eigenvalue weighted by Crippen LogP contribution is -2.17. The quantitative estimate of drug-likeness (QED) is 0.335. The van der Waals surface area contributed by atoms with E-state index in [-0.39, 0.29) is 16.4 Å². The van der Waals surface area contributed by atoms with E-state index in [1.54, 1.807) is 6.07 Å². The van der Waals surface area contributed by atoms with E-state index in [0.717, 1.165) is 10.9 Å². The molecule has 25 heavy (non-hydrogen) atoms. The number of carbonyl (C=O) groups excluding carboxylic acids is 1. The van der Waals surface area contributed by atoms with Gasteiger partial charge in [-0.05, 0) is 18.2 Å². The fraction of sp³-hybridized carbons (Fsp3) is 0. The Labute approximate surface area is 147 Å². The molecule has 0 aliphatic carbocycles. The number of carbonyl (C=O) groups is 1. The van der Waals surface area contributed by atoms with Crippen molar-refractivity contribution in [2.75, 3.05) is 0 Å². The van der Waals surface area contributed by atoms with E-state index in [4.69, 9.17) is 11.6 Å². The van der Waals surface area contributed by atoms with Crippen LogP contribution in [0.15, 0.2) is 59.7 Å². The topological polar surface area (TPSA) is 97.5 Å². The third-order valence-electron chi connectivity index (χ3n) is 3.39. The van der Waals surface area contributed by atoms with E-state index in [2.05, 4.69) is 15.5 Å². The molecule has 1 aromatic heterocycles. The average molecular weight is 355 g/mol. The zero-order valence-corrected chi connectivity index (χ0v) is 13.5. The van der Waals surface area contributed by atoms with Crippen LogP contribution in [-0.4, -0.2) is 22.0 Å². The zero-order valence-electron chi connectivity index (χ0n) is 12.7. The van der Waals surface area contributed by atoms with Gasteiger partial charge in [0.2, 0.25) is 0 Å². The monoisotopic (exact) mass is 354 g/mol. The number of nitrogens with one attached hydrogen (secondary N) is 1. The number of amides is 1. The lowest BCUT2D eigenvalue weighted by atomic mass is 10.2. The van der Waals surface area contributed by atoms with Crippen LogP contribution in [0.3, 0.4) is 0 Å². The summed E-state index contributed by atoms with van der Waals surface area (Å²) in [5.41, 5.74) is 3.57. The van der Waals surface area contributed by atoms with Gasteiger partial charge in [-0.1, -0.05) is 35.9 Å². The SMILES string of the molecule is O=C(NN=Cc1cc2ccccc2nc1Cl)c1cccc([N+](=O)[O-])c1. The molecule has 8 heteroatoms. The summed E-state index contributed by atoms with van der Waals surface area (Å²) in [6.07, 6.45) is 1.37. The summed E-state index contributed by atoms with van der Waals surface area (Å²) in [6, 6.07) is 14.6. The summed E-state index contributed by atoms with van der Waals surface area (Å²) in [6.45, 7) is 0. The number of nitro benzene ring substituents is 1. The second-order valence-corrected chi connectivity index (χ2v) is 5.43. The normalized spacial score (nSPS) is 10.9. The van der Waals surface area contributed by atoms with E-state index >= 15 is 0 Å². The van der Waals surface area contributed by atoms with Gasteiger partial charge in [0.25, 0.3) is 11.6 Å². The summed E-state index contributed by atoms with van der Waals surface area (Å²) in [4.78, 5) is 26.4. The van der Waals surface area contributed by atoms with Crippen molar-refractivity contribution in [2.24, 2.45) is 5.10 Å². The van der Waals surface area contributed by atoms with Crippen LogP contribution in [-0.2, 0) is 0 Å². The number of para-hydroxylation sites is 1. The first-order valence-corrected chi connectivity index (χ1v) is 7.55. The fourth-order valence-corrected chi connectivity index (χ4v) is 2.38. The van der Waals surface area contributed by atoms with Crippen molar-refractivity contribution in [3.63, 3.8) is 0 Å². The van der Waals surface area contributed by atoms with Gasteiger partial charge in [-0.3, -0.25) is 14.9 Å². The van der Waals surface area contributed by atoms with Gasteiger partial charge in [0.15, 0.2) is 0 Å². The molecule has 3 rings (SSSR count). The molecule has 0 saturated carbocycles. The molecule has 124 valence electrons. The van der Waals surface area contributed by atoms with E-state index < -0.39 is 10.8 Å². The second kappa shape index (κ2) is 7.06. The van der Waals surface area contributed by atoms with Crippen LogP contribution in [0.2, 0.25) is 5.15 Å². The lowest BCUT2D eigenvalue weighted by molar-refractivity contribution is -0.384. The van der Waals surface area contributed by atoms with Crippen molar-refractivity contribution in [2.45, 2.75) is 0 Å². The molecule has 0 radical (unpaired) electrons.